The first-order valence-corrected chi connectivity index (χ1v) is 6.07. The number of carboxylic acids is 1. The molecule has 0 radical (unpaired) electrons. The van der Waals surface area contributed by atoms with Crippen LogP contribution in [0.5, 0.6) is 0 Å². The first kappa shape index (κ1) is 15.7. The van der Waals surface area contributed by atoms with Gasteiger partial charge in [-0.05, 0) is 12.3 Å². The Morgan fingerprint density at radius 2 is 1.94 bits per heavy atom. The van der Waals surface area contributed by atoms with Crippen molar-refractivity contribution in [1.82, 2.24) is 0 Å². The van der Waals surface area contributed by atoms with E-state index in [1.807, 2.05) is 0 Å². The van der Waals surface area contributed by atoms with Crippen molar-refractivity contribution in [1.29, 1.82) is 0 Å². The maximum absolute atomic E-state index is 11.1. The summed E-state index contributed by atoms with van der Waals surface area (Å²) in [6.07, 6.45) is 6.60. The van der Waals surface area contributed by atoms with Gasteiger partial charge in [0.05, 0.1) is 13.0 Å². The van der Waals surface area contributed by atoms with E-state index in [2.05, 4.69) is 13.8 Å². The summed E-state index contributed by atoms with van der Waals surface area (Å²) in [4.78, 5) is 21.2. The number of rotatable bonds is 9. The Morgan fingerprint density at radius 3 is 2.53 bits per heavy atom. The van der Waals surface area contributed by atoms with E-state index in [0.29, 0.717) is 6.61 Å². The molecule has 4 nitrogen and oxygen atoms in total. The SMILES string of the molecule is CC(C)CCCCCOC(=O)C=CCC(=O)O. The van der Waals surface area contributed by atoms with Gasteiger partial charge in [0.25, 0.3) is 0 Å². The van der Waals surface area contributed by atoms with E-state index >= 15 is 0 Å². The van der Waals surface area contributed by atoms with Crippen LogP contribution in [0, 0.1) is 5.92 Å². The highest BCUT2D eigenvalue weighted by Crippen LogP contribution is 2.07. The lowest BCUT2D eigenvalue weighted by atomic mass is 10.1. The Labute approximate surface area is 103 Å². The first-order valence-electron chi connectivity index (χ1n) is 6.07. The second kappa shape index (κ2) is 9.87. The number of hydrogen-bond acceptors (Lipinski definition) is 3. The van der Waals surface area contributed by atoms with Crippen LogP contribution < -0.4 is 0 Å². The van der Waals surface area contributed by atoms with Crippen LogP contribution in [0.1, 0.15) is 46.0 Å². The molecule has 0 saturated carbocycles. The topological polar surface area (TPSA) is 63.6 Å². The van der Waals surface area contributed by atoms with Gasteiger partial charge in [-0.15, -0.1) is 0 Å². The number of aliphatic carboxylic acids is 1. The van der Waals surface area contributed by atoms with Crippen molar-refractivity contribution >= 4 is 11.9 Å². The van der Waals surface area contributed by atoms with Crippen molar-refractivity contribution in [2.75, 3.05) is 6.61 Å². The van der Waals surface area contributed by atoms with Gasteiger partial charge in [0.15, 0.2) is 0 Å². The number of ether oxygens (including phenoxy) is 1. The lowest BCUT2D eigenvalue weighted by molar-refractivity contribution is -0.137. The van der Waals surface area contributed by atoms with Crippen LogP contribution in [-0.4, -0.2) is 23.7 Å². The molecule has 0 aliphatic rings. The maximum atomic E-state index is 11.1. The normalized spacial score (nSPS) is 11.0. The molecule has 0 aliphatic heterocycles. The lowest BCUT2D eigenvalue weighted by Gasteiger charge is -2.04. The molecule has 0 aromatic carbocycles. The number of carboxylic acid groups (broad SMARTS) is 1. The fraction of sp³-hybridized carbons (Fsp3) is 0.692. The number of carbonyl (C=O) groups is 2. The van der Waals surface area contributed by atoms with E-state index in [9.17, 15) is 9.59 Å². The highest BCUT2D eigenvalue weighted by Gasteiger charge is 1.98. The molecule has 0 fully saturated rings. The number of carbonyl (C=O) groups excluding carboxylic acids is 1. The number of esters is 1. The van der Waals surface area contributed by atoms with E-state index in [4.69, 9.17) is 9.84 Å². The molecule has 0 amide bonds. The van der Waals surface area contributed by atoms with Gasteiger partial charge in [-0.25, -0.2) is 4.79 Å². The number of unbranched alkanes of at least 4 members (excludes halogenated alkanes) is 2. The Morgan fingerprint density at radius 1 is 1.24 bits per heavy atom. The minimum atomic E-state index is -0.956. The van der Waals surface area contributed by atoms with Crippen molar-refractivity contribution in [3.63, 3.8) is 0 Å². The summed E-state index contributed by atoms with van der Waals surface area (Å²) in [6, 6.07) is 0. The zero-order chi connectivity index (χ0) is 13.1. The summed E-state index contributed by atoms with van der Waals surface area (Å²) >= 11 is 0. The van der Waals surface area contributed by atoms with Gasteiger partial charge < -0.3 is 9.84 Å². The van der Waals surface area contributed by atoms with E-state index in [1.54, 1.807) is 0 Å². The molecule has 0 spiro atoms. The molecule has 0 unspecified atom stereocenters. The van der Waals surface area contributed by atoms with E-state index in [-0.39, 0.29) is 6.42 Å². The largest absolute Gasteiger partial charge is 0.481 e. The molecule has 4 heteroatoms. The minimum absolute atomic E-state index is 0.149. The molecule has 0 bridgehead atoms. The zero-order valence-electron chi connectivity index (χ0n) is 10.6. The van der Waals surface area contributed by atoms with Crippen LogP contribution in [0.4, 0.5) is 0 Å². The Balaban J connectivity index is 3.39. The summed E-state index contributed by atoms with van der Waals surface area (Å²) in [5, 5.41) is 8.34. The van der Waals surface area contributed by atoms with Crippen LogP contribution in [0.3, 0.4) is 0 Å². The molecular formula is C13H22O4. The average Bonchev–Trinajstić information content (AvgIpc) is 2.22. The zero-order valence-corrected chi connectivity index (χ0v) is 10.6. The van der Waals surface area contributed by atoms with Gasteiger partial charge in [0.1, 0.15) is 0 Å². The van der Waals surface area contributed by atoms with E-state index in [1.165, 1.54) is 18.6 Å². The van der Waals surface area contributed by atoms with Crippen molar-refractivity contribution in [3.8, 4) is 0 Å². The molecule has 0 atom stereocenters. The Hall–Kier alpha value is -1.32. The van der Waals surface area contributed by atoms with Crippen molar-refractivity contribution in [2.45, 2.75) is 46.0 Å². The van der Waals surface area contributed by atoms with Crippen LogP contribution >= 0.6 is 0 Å². The molecule has 1 N–H and O–H groups in total. The van der Waals surface area contributed by atoms with Gasteiger partial charge >= 0.3 is 11.9 Å². The third-order valence-electron chi connectivity index (χ3n) is 2.22. The predicted octanol–water partition coefficient (Wildman–Crippen LogP) is 2.78. The third kappa shape index (κ3) is 12.6. The molecular weight excluding hydrogens is 220 g/mol. The van der Waals surface area contributed by atoms with Crippen LogP contribution in [0.25, 0.3) is 0 Å². The summed E-state index contributed by atoms with van der Waals surface area (Å²) in [5.74, 6) is -0.700. The minimum Gasteiger partial charge on any atom is -0.481 e. The van der Waals surface area contributed by atoms with Gasteiger partial charge in [-0.2, -0.15) is 0 Å². The van der Waals surface area contributed by atoms with Gasteiger partial charge in [0, 0.05) is 6.08 Å². The molecule has 0 aromatic rings. The smallest absolute Gasteiger partial charge is 0.330 e. The van der Waals surface area contributed by atoms with Crippen LogP contribution in [-0.2, 0) is 14.3 Å². The highest BCUT2D eigenvalue weighted by molar-refractivity contribution is 5.82. The van der Waals surface area contributed by atoms with Gasteiger partial charge in [-0.1, -0.05) is 39.2 Å². The van der Waals surface area contributed by atoms with Gasteiger partial charge in [-0.3, -0.25) is 4.79 Å². The standard InChI is InChI=1S/C13H22O4/c1-11(2)7-4-3-5-10-17-13(16)9-6-8-12(14)15/h6,9,11H,3-5,7-8,10H2,1-2H3,(H,14,15). The summed E-state index contributed by atoms with van der Waals surface area (Å²) in [7, 11) is 0. The van der Waals surface area contributed by atoms with Crippen LogP contribution in [0.2, 0.25) is 0 Å². The lowest BCUT2D eigenvalue weighted by Crippen LogP contribution is -2.03. The summed E-state index contributed by atoms with van der Waals surface area (Å²) in [5.41, 5.74) is 0. The molecule has 0 rings (SSSR count). The maximum Gasteiger partial charge on any atom is 0.330 e. The quantitative estimate of drug-likeness (QED) is 0.383. The second-order valence-corrected chi connectivity index (χ2v) is 4.41. The van der Waals surface area contributed by atoms with E-state index in [0.717, 1.165) is 25.2 Å². The summed E-state index contributed by atoms with van der Waals surface area (Å²) in [6.45, 7) is 4.79. The Bertz CT molecular complexity index is 256. The third-order valence-corrected chi connectivity index (χ3v) is 2.22. The van der Waals surface area contributed by atoms with Gasteiger partial charge in [0.2, 0.25) is 0 Å². The first-order chi connectivity index (χ1) is 8.02. The fourth-order valence-corrected chi connectivity index (χ4v) is 1.31. The Kier molecular flexibility index (Phi) is 9.11. The summed E-state index contributed by atoms with van der Waals surface area (Å²) < 4.78 is 4.91. The van der Waals surface area contributed by atoms with Crippen molar-refractivity contribution < 1.29 is 19.4 Å². The second-order valence-electron chi connectivity index (χ2n) is 4.41. The molecule has 17 heavy (non-hydrogen) atoms. The van der Waals surface area contributed by atoms with Crippen molar-refractivity contribution in [2.24, 2.45) is 5.92 Å². The molecule has 0 saturated heterocycles. The van der Waals surface area contributed by atoms with Crippen molar-refractivity contribution in [3.05, 3.63) is 12.2 Å². The predicted molar refractivity (Wildman–Crippen MR) is 65.7 cm³/mol. The monoisotopic (exact) mass is 242 g/mol. The number of hydrogen-bond donors (Lipinski definition) is 1. The molecule has 0 aromatic heterocycles. The average molecular weight is 242 g/mol. The fourth-order valence-electron chi connectivity index (χ4n) is 1.31. The molecule has 0 heterocycles. The molecule has 98 valence electrons. The van der Waals surface area contributed by atoms with Crippen LogP contribution in [0.15, 0.2) is 12.2 Å². The molecule has 0 aliphatic carbocycles. The highest BCUT2D eigenvalue weighted by atomic mass is 16.5. The van der Waals surface area contributed by atoms with E-state index < -0.39 is 11.9 Å².